The number of likely N-dealkylation sites (N-methyl/N-ethyl adjacent to an activating group) is 1. The Balaban J connectivity index is 1.90. The number of phenolic OH excluding ortho intramolecular Hbond substituents is 1. The Morgan fingerprint density at radius 2 is 2.14 bits per heavy atom. The average Bonchev–Trinajstić information content (AvgIpc) is 2.99. The van der Waals surface area contributed by atoms with Gasteiger partial charge in [-0.1, -0.05) is 15.9 Å². The van der Waals surface area contributed by atoms with Crippen LogP contribution in [0, 0.1) is 0 Å². The lowest BCUT2D eigenvalue weighted by atomic mass is 10.2. The molecular weight excluding hydrogens is 370 g/mol. The Labute approximate surface area is 140 Å². The van der Waals surface area contributed by atoms with Crippen LogP contribution in [0.3, 0.4) is 0 Å². The van der Waals surface area contributed by atoms with E-state index in [-0.39, 0.29) is 23.8 Å². The average molecular weight is 384 g/mol. The number of hydrogen-bond acceptors (Lipinski definition) is 5. The van der Waals surface area contributed by atoms with Crippen LogP contribution in [-0.4, -0.2) is 35.5 Å². The predicted molar refractivity (Wildman–Crippen MR) is 86.9 cm³/mol. The molecule has 0 saturated heterocycles. The molecule has 0 radical (unpaired) electrons. The summed E-state index contributed by atoms with van der Waals surface area (Å²) in [5.74, 6) is -1.24. The van der Waals surface area contributed by atoms with Crippen molar-refractivity contribution in [3.8, 4) is 5.75 Å². The molecule has 1 aromatic carbocycles. The van der Waals surface area contributed by atoms with E-state index in [4.69, 9.17) is 4.74 Å². The highest BCUT2D eigenvalue weighted by Crippen LogP contribution is 2.22. The van der Waals surface area contributed by atoms with Crippen LogP contribution in [-0.2, 0) is 16.1 Å². The Morgan fingerprint density at radius 3 is 2.82 bits per heavy atom. The van der Waals surface area contributed by atoms with E-state index < -0.39 is 5.97 Å². The van der Waals surface area contributed by atoms with Gasteiger partial charge in [0.1, 0.15) is 11.3 Å². The number of halogens is 1. The summed E-state index contributed by atoms with van der Waals surface area (Å²) in [5, 5.41) is 13.5. The molecule has 5 nitrogen and oxygen atoms in total. The summed E-state index contributed by atoms with van der Waals surface area (Å²) >= 11 is 4.76. The number of ether oxygens (including phenoxy) is 1. The van der Waals surface area contributed by atoms with Crippen molar-refractivity contribution in [1.82, 2.24) is 4.90 Å². The summed E-state index contributed by atoms with van der Waals surface area (Å²) in [7, 11) is 1.64. The molecule has 22 heavy (non-hydrogen) atoms. The molecule has 0 saturated carbocycles. The van der Waals surface area contributed by atoms with Crippen molar-refractivity contribution in [2.24, 2.45) is 0 Å². The minimum atomic E-state index is -0.740. The number of esters is 1. The molecule has 1 N–H and O–H groups in total. The molecule has 2 aromatic rings. The van der Waals surface area contributed by atoms with E-state index in [1.807, 2.05) is 16.8 Å². The second kappa shape index (κ2) is 7.42. The van der Waals surface area contributed by atoms with Crippen LogP contribution in [0.2, 0.25) is 0 Å². The third-order valence-electron chi connectivity index (χ3n) is 2.93. The Kier molecular flexibility index (Phi) is 5.57. The van der Waals surface area contributed by atoms with Gasteiger partial charge in [0, 0.05) is 18.1 Å². The number of aromatic hydroxyl groups is 1. The zero-order valence-corrected chi connectivity index (χ0v) is 14.2. The van der Waals surface area contributed by atoms with Gasteiger partial charge < -0.3 is 14.7 Å². The van der Waals surface area contributed by atoms with Crippen molar-refractivity contribution in [3.05, 3.63) is 50.6 Å². The van der Waals surface area contributed by atoms with Crippen molar-refractivity contribution in [2.75, 3.05) is 13.7 Å². The number of phenols is 1. The minimum Gasteiger partial charge on any atom is -0.507 e. The number of nitrogens with zero attached hydrogens (tertiary/aromatic N) is 1. The van der Waals surface area contributed by atoms with Gasteiger partial charge in [0.25, 0.3) is 5.91 Å². The molecule has 0 unspecified atom stereocenters. The molecule has 1 amide bonds. The van der Waals surface area contributed by atoms with Gasteiger partial charge in [0.15, 0.2) is 6.61 Å². The molecule has 116 valence electrons. The molecule has 0 spiro atoms. The maximum absolute atomic E-state index is 11.9. The number of benzene rings is 1. The van der Waals surface area contributed by atoms with E-state index in [1.165, 1.54) is 17.0 Å². The first-order valence-corrected chi connectivity index (χ1v) is 8.11. The molecule has 1 aromatic heterocycles. The molecule has 0 aliphatic heterocycles. The van der Waals surface area contributed by atoms with Crippen molar-refractivity contribution in [2.45, 2.75) is 6.54 Å². The van der Waals surface area contributed by atoms with Crippen LogP contribution in [0.5, 0.6) is 5.75 Å². The second-order valence-electron chi connectivity index (χ2n) is 4.62. The zero-order valence-electron chi connectivity index (χ0n) is 11.8. The van der Waals surface area contributed by atoms with E-state index >= 15 is 0 Å². The fourth-order valence-corrected chi connectivity index (χ4v) is 2.75. The Bertz CT molecular complexity index is 672. The third-order valence-corrected chi connectivity index (χ3v) is 4.16. The van der Waals surface area contributed by atoms with Crippen LogP contribution < -0.4 is 0 Å². The first-order valence-electron chi connectivity index (χ1n) is 6.38. The van der Waals surface area contributed by atoms with Gasteiger partial charge in [0.2, 0.25) is 0 Å². The highest BCUT2D eigenvalue weighted by molar-refractivity contribution is 9.10. The number of thiophene rings is 1. The molecule has 7 heteroatoms. The van der Waals surface area contributed by atoms with Gasteiger partial charge in [-0.15, -0.1) is 0 Å². The standard InChI is InChI=1S/C15H14BrNO4S/c1-17(7-10-4-5-22-9-10)14(19)8-21-15(20)12-6-11(16)2-3-13(12)18/h2-6,9,18H,7-8H2,1H3. The molecule has 0 atom stereocenters. The number of rotatable bonds is 5. The minimum absolute atomic E-state index is 0.0164. The first-order chi connectivity index (χ1) is 10.5. The monoisotopic (exact) mass is 383 g/mol. The Morgan fingerprint density at radius 1 is 1.36 bits per heavy atom. The highest BCUT2D eigenvalue weighted by Gasteiger charge is 2.17. The maximum atomic E-state index is 11.9. The predicted octanol–water partition coefficient (Wildman–Crippen LogP) is 3.03. The molecule has 0 bridgehead atoms. The van der Waals surface area contributed by atoms with Crippen LogP contribution in [0.4, 0.5) is 0 Å². The van der Waals surface area contributed by atoms with Gasteiger partial charge in [0.05, 0.1) is 0 Å². The summed E-state index contributed by atoms with van der Waals surface area (Å²) in [6.45, 7) is 0.0907. The summed E-state index contributed by atoms with van der Waals surface area (Å²) in [4.78, 5) is 25.3. The summed E-state index contributed by atoms with van der Waals surface area (Å²) < 4.78 is 5.59. The molecule has 0 aliphatic rings. The van der Waals surface area contributed by atoms with Crippen molar-refractivity contribution < 1.29 is 19.4 Å². The zero-order chi connectivity index (χ0) is 16.1. The summed E-state index contributed by atoms with van der Waals surface area (Å²) in [5.41, 5.74) is 1.04. The fourth-order valence-electron chi connectivity index (χ4n) is 1.73. The van der Waals surface area contributed by atoms with Crippen molar-refractivity contribution in [3.63, 3.8) is 0 Å². The number of carbonyl (C=O) groups is 2. The van der Waals surface area contributed by atoms with Crippen LogP contribution >= 0.6 is 27.3 Å². The molecule has 1 heterocycles. The smallest absolute Gasteiger partial charge is 0.342 e. The van der Waals surface area contributed by atoms with Crippen LogP contribution in [0.15, 0.2) is 39.5 Å². The van der Waals surface area contributed by atoms with E-state index in [2.05, 4.69) is 15.9 Å². The SMILES string of the molecule is CN(Cc1ccsc1)C(=O)COC(=O)c1cc(Br)ccc1O. The van der Waals surface area contributed by atoms with Gasteiger partial charge in [-0.05, 0) is 40.6 Å². The molecule has 0 fully saturated rings. The second-order valence-corrected chi connectivity index (χ2v) is 6.31. The number of hydrogen-bond donors (Lipinski definition) is 1. The van der Waals surface area contributed by atoms with E-state index in [1.54, 1.807) is 24.5 Å². The van der Waals surface area contributed by atoms with Gasteiger partial charge in [-0.3, -0.25) is 4.79 Å². The van der Waals surface area contributed by atoms with E-state index in [9.17, 15) is 14.7 Å². The van der Waals surface area contributed by atoms with Crippen LogP contribution in [0.25, 0.3) is 0 Å². The van der Waals surface area contributed by atoms with Crippen molar-refractivity contribution >= 4 is 39.1 Å². The third kappa shape index (κ3) is 4.32. The number of amides is 1. The molecule has 2 rings (SSSR count). The van der Waals surface area contributed by atoms with Gasteiger partial charge in [-0.25, -0.2) is 4.79 Å². The van der Waals surface area contributed by atoms with E-state index in [0.717, 1.165) is 5.56 Å². The lowest BCUT2D eigenvalue weighted by Crippen LogP contribution is -2.30. The Hall–Kier alpha value is -1.86. The van der Waals surface area contributed by atoms with Gasteiger partial charge >= 0.3 is 5.97 Å². The lowest BCUT2D eigenvalue weighted by molar-refractivity contribution is -0.133. The number of carbonyl (C=O) groups excluding carboxylic acids is 2. The van der Waals surface area contributed by atoms with Crippen molar-refractivity contribution in [1.29, 1.82) is 0 Å². The van der Waals surface area contributed by atoms with Gasteiger partial charge in [-0.2, -0.15) is 11.3 Å². The van der Waals surface area contributed by atoms with Crippen LogP contribution in [0.1, 0.15) is 15.9 Å². The lowest BCUT2D eigenvalue weighted by Gasteiger charge is -2.16. The van der Waals surface area contributed by atoms with E-state index in [0.29, 0.717) is 11.0 Å². The normalized spacial score (nSPS) is 10.3. The maximum Gasteiger partial charge on any atom is 0.342 e. The topological polar surface area (TPSA) is 66.8 Å². The molecular formula is C15H14BrNO4S. The summed E-state index contributed by atoms with van der Waals surface area (Å²) in [6, 6.07) is 6.36. The fraction of sp³-hybridized carbons (Fsp3) is 0.200. The largest absolute Gasteiger partial charge is 0.507 e. The highest BCUT2D eigenvalue weighted by atomic mass is 79.9. The molecule has 0 aliphatic carbocycles. The quantitative estimate of drug-likeness (QED) is 0.805. The first kappa shape index (κ1) is 16.5. The summed E-state index contributed by atoms with van der Waals surface area (Å²) in [6.07, 6.45) is 0.